The molecule has 0 fully saturated rings. The molecule has 0 spiro atoms. The van der Waals surface area contributed by atoms with Gasteiger partial charge in [0.25, 0.3) is 0 Å². The standard InChI is InChI=1S/C21H24N2O2S2/c1-5-16-18(15-9-8-13(2)14(3)11-15)19-20(22-12-23-21(19)27-16)26-10-6-7-17(24)25-4/h8-9,11-12H,5-7,10H2,1-4H3. The fourth-order valence-electron chi connectivity index (χ4n) is 3.00. The summed E-state index contributed by atoms with van der Waals surface area (Å²) in [6, 6.07) is 6.64. The number of esters is 1. The molecule has 4 nitrogen and oxygen atoms in total. The van der Waals surface area contributed by atoms with Crippen molar-refractivity contribution in [1.82, 2.24) is 9.97 Å². The summed E-state index contributed by atoms with van der Waals surface area (Å²) in [5.41, 5.74) is 5.08. The van der Waals surface area contributed by atoms with Gasteiger partial charge in [-0.1, -0.05) is 25.1 Å². The van der Waals surface area contributed by atoms with Crippen LogP contribution in [-0.4, -0.2) is 28.8 Å². The molecule has 0 radical (unpaired) electrons. The average Bonchev–Trinajstić information content (AvgIpc) is 3.06. The molecule has 0 atom stereocenters. The first-order valence-electron chi connectivity index (χ1n) is 9.08. The minimum absolute atomic E-state index is 0.164. The number of fused-ring (bicyclic) bond motifs is 1. The highest BCUT2D eigenvalue weighted by molar-refractivity contribution is 7.99. The number of thioether (sulfide) groups is 1. The zero-order valence-corrected chi connectivity index (χ0v) is 17.8. The van der Waals surface area contributed by atoms with Crippen molar-refractivity contribution in [3.05, 3.63) is 40.5 Å². The maximum Gasteiger partial charge on any atom is 0.305 e. The fraction of sp³-hybridized carbons (Fsp3) is 0.381. The van der Waals surface area contributed by atoms with E-state index in [9.17, 15) is 4.79 Å². The number of hydrogen-bond acceptors (Lipinski definition) is 6. The lowest BCUT2D eigenvalue weighted by Gasteiger charge is -2.09. The van der Waals surface area contributed by atoms with Crippen LogP contribution in [0, 0.1) is 13.8 Å². The molecule has 0 aliphatic rings. The minimum Gasteiger partial charge on any atom is -0.469 e. The Hall–Kier alpha value is -1.92. The van der Waals surface area contributed by atoms with E-state index >= 15 is 0 Å². The first-order valence-corrected chi connectivity index (χ1v) is 10.9. The second-order valence-electron chi connectivity index (χ2n) is 6.44. The fourth-order valence-corrected chi connectivity index (χ4v) is 5.11. The second-order valence-corrected chi connectivity index (χ2v) is 8.61. The van der Waals surface area contributed by atoms with Crippen LogP contribution < -0.4 is 0 Å². The quantitative estimate of drug-likeness (QED) is 0.224. The number of aromatic nitrogens is 2. The lowest BCUT2D eigenvalue weighted by atomic mass is 9.98. The lowest BCUT2D eigenvalue weighted by Crippen LogP contribution is -2.00. The normalized spacial score (nSPS) is 11.1. The molecule has 142 valence electrons. The van der Waals surface area contributed by atoms with E-state index in [1.54, 1.807) is 29.4 Å². The van der Waals surface area contributed by atoms with E-state index in [-0.39, 0.29) is 5.97 Å². The second kappa shape index (κ2) is 8.85. The van der Waals surface area contributed by atoms with Crippen LogP contribution in [0.15, 0.2) is 29.6 Å². The number of methoxy groups -OCH3 is 1. The summed E-state index contributed by atoms with van der Waals surface area (Å²) >= 11 is 3.44. The number of aryl methyl sites for hydroxylation is 3. The molecule has 2 heterocycles. The van der Waals surface area contributed by atoms with Crippen LogP contribution in [0.1, 0.15) is 35.8 Å². The highest BCUT2D eigenvalue weighted by Crippen LogP contribution is 2.42. The van der Waals surface area contributed by atoms with E-state index in [2.05, 4.69) is 48.9 Å². The molecule has 0 bridgehead atoms. The third kappa shape index (κ3) is 4.33. The SMILES string of the molecule is CCc1sc2ncnc(SCCCC(=O)OC)c2c1-c1ccc(C)c(C)c1. The zero-order chi connectivity index (χ0) is 19.4. The van der Waals surface area contributed by atoms with Gasteiger partial charge in [-0.3, -0.25) is 4.79 Å². The van der Waals surface area contributed by atoms with Gasteiger partial charge in [-0.25, -0.2) is 9.97 Å². The Bertz CT molecular complexity index is 966. The molecule has 0 saturated carbocycles. The largest absolute Gasteiger partial charge is 0.469 e. The van der Waals surface area contributed by atoms with Crippen LogP contribution in [0.5, 0.6) is 0 Å². The van der Waals surface area contributed by atoms with Gasteiger partial charge in [0, 0.05) is 22.6 Å². The summed E-state index contributed by atoms with van der Waals surface area (Å²) in [6.45, 7) is 6.47. The summed E-state index contributed by atoms with van der Waals surface area (Å²) in [6.07, 6.45) is 3.82. The molecule has 0 amide bonds. The molecule has 27 heavy (non-hydrogen) atoms. The lowest BCUT2D eigenvalue weighted by molar-refractivity contribution is -0.140. The first-order chi connectivity index (χ1) is 13.0. The van der Waals surface area contributed by atoms with Crippen molar-refractivity contribution in [2.24, 2.45) is 0 Å². The van der Waals surface area contributed by atoms with Crippen molar-refractivity contribution >= 4 is 39.3 Å². The van der Waals surface area contributed by atoms with Crippen molar-refractivity contribution in [2.45, 2.75) is 45.1 Å². The van der Waals surface area contributed by atoms with Crippen molar-refractivity contribution < 1.29 is 9.53 Å². The van der Waals surface area contributed by atoms with Crippen LogP contribution in [0.4, 0.5) is 0 Å². The predicted molar refractivity (Wildman–Crippen MR) is 114 cm³/mol. The van der Waals surface area contributed by atoms with Gasteiger partial charge >= 0.3 is 5.97 Å². The van der Waals surface area contributed by atoms with Crippen LogP contribution in [-0.2, 0) is 16.0 Å². The summed E-state index contributed by atoms with van der Waals surface area (Å²) < 4.78 is 4.72. The van der Waals surface area contributed by atoms with Gasteiger partial charge in [-0.05, 0) is 43.4 Å². The molecule has 2 aromatic heterocycles. The van der Waals surface area contributed by atoms with Gasteiger partial charge in [0.1, 0.15) is 16.2 Å². The number of hydrogen-bond donors (Lipinski definition) is 0. The summed E-state index contributed by atoms with van der Waals surface area (Å²) in [7, 11) is 1.43. The van der Waals surface area contributed by atoms with E-state index in [1.165, 1.54) is 34.2 Å². The number of benzene rings is 1. The van der Waals surface area contributed by atoms with Gasteiger partial charge < -0.3 is 4.74 Å². The maximum absolute atomic E-state index is 11.3. The van der Waals surface area contributed by atoms with E-state index < -0.39 is 0 Å². The Labute approximate surface area is 168 Å². The molecule has 0 aliphatic carbocycles. The highest BCUT2D eigenvalue weighted by atomic mass is 32.2. The molecule has 1 aromatic carbocycles. The highest BCUT2D eigenvalue weighted by Gasteiger charge is 2.18. The minimum atomic E-state index is -0.164. The van der Waals surface area contributed by atoms with Crippen LogP contribution in [0.25, 0.3) is 21.3 Å². The van der Waals surface area contributed by atoms with Gasteiger partial charge in [-0.15, -0.1) is 23.1 Å². The summed E-state index contributed by atoms with van der Waals surface area (Å²) in [5, 5.41) is 2.14. The molecular formula is C21H24N2O2S2. The van der Waals surface area contributed by atoms with Crippen molar-refractivity contribution in [3.63, 3.8) is 0 Å². The number of rotatable bonds is 7. The first kappa shape index (κ1) is 19.8. The molecule has 0 saturated heterocycles. The smallest absolute Gasteiger partial charge is 0.305 e. The summed E-state index contributed by atoms with van der Waals surface area (Å²) in [4.78, 5) is 22.8. The third-order valence-corrected chi connectivity index (χ3v) is 6.95. The van der Waals surface area contributed by atoms with E-state index in [1.807, 2.05) is 0 Å². The zero-order valence-electron chi connectivity index (χ0n) is 16.2. The maximum atomic E-state index is 11.3. The Balaban J connectivity index is 1.99. The molecule has 6 heteroatoms. The molecule has 0 unspecified atom stereocenters. The number of carbonyl (C=O) groups excluding carboxylic acids is 1. The number of nitrogens with zero attached hydrogens (tertiary/aromatic N) is 2. The van der Waals surface area contributed by atoms with Gasteiger partial charge in [0.05, 0.1) is 12.5 Å². The Kier molecular flexibility index (Phi) is 6.50. The molecule has 0 aliphatic heterocycles. The average molecular weight is 401 g/mol. The van der Waals surface area contributed by atoms with E-state index in [4.69, 9.17) is 4.74 Å². The monoisotopic (exact) mass is 400 g/mol. The topological polar surface area (TPSA) is 52.1 Å². The molecule has 3 rings (SSSR count). The third-order valence-electron chi connectivity index (χ3n) is 4.63. The summed E-state index contributed by atoms with van der Waals surface area (Å²) in [5.74, 6) is 0.660. The number of ether oxygens (including phenoxy) is 1. The van der Waals surface area contributed by atoms with Crippen LogP contribution in [0.3, 0.4) is 0 Å². The van der Waals surface area contributed by atoms with Gasteiger partial charge in [0.2, 0.25) is 0 Å². The Morgan fingerprint density at radius 2 is 2.04 bits per heavy atom. The van der Waals surface area contributed by atoms with E-state index in [0.29, 0.717) is 6.42 Å². The molecular weight excluding hydrogens is 376 g/mol. The van der Waals surface area contributed by atoms with Gasteiger partial charge in [-0.2, -0.15) is 0 Å². The predicted octanol–water partition coefficient (Wildman–Crippen LogP) is 5.58. The van der Waals surface area contributed by atoms with Crippen LogP contribution >= 0.6 is 23.1 Å². The Morgan fingerprint density at radius 3 is 2.74 bits per heavy atom. The van der Waals surface area contributed by atoms with Crippen molar-refractivity contribution in [2.75, 3.05) is 12.9 Å². The molecule has 0 N–H and O–H groups in total. The van der Waals surface area contributed by atoms with Gasteiger partial charge in [0.15, 0.2) is 0 Å². The van der Waals surface area contributed by atoms with E-state index in [0.717, 1.165) is 33.8 Å². The number of thiophene rings is 1. The van der Waals surface area contributed by atoms with Crippen molar-refractivity contribution in [1.29, 1.82) is 0 Å². The Morgan fingerprint density at radius 1 is 1.22 bits per heavy atom. The number of carbonyl (C=O) groups is 1. The molecule has 3 aromatic rings. The van der Waals surface area contributed by atoms with Crippen LogP contribution in [0.2, 0.25) is 0 Å². The van der Waals surface area contributed by atoms with Crippen molar-refractivity contribution in [3.8, 4) is 11.1 Å².